The van der Waals surface area contributed by atoms with Crippen LogP contribution >= 0.6 is 0 Å². The van der Waals surface area contributed by atoms with Crippen LogP contribution in [0.3, 0.4) is 0 Å². The Balaban J connectivity index is 1.72. The molecule has 1 saturated carbocycles. The number of carbonyl (C=O) groups excluding carboxylic acids is 1. The molecule has 0 amide bonds. The van der Waals surface area contributed by atoms with Crippen molar-refractivity contribution >= 4 is 5.97 Å². The summed E-state index contributed by atoms with van der Waals surface area (Å²) in [5.74, 6) is 1.01. The van der Waals surface area contributed by atoms with Gasteiger partial charge in [0.1, 0.15) is 0 Å². The Bertz CT molecular complexity index is 162. The van der Waals surface area contributed by atoms with Crippen molar-refractivity contribution in [1.29, 1.82) is 0 Å². The van der Waals surface area contributed by atoms with Crippen molar-refractivity contribution in [3.05, 3.63) is 0 Å². The van der Waals surface area contributed by atoms with Gasteiger partial charge in [0.2, 0.25) is 0 Å². The lowest BCUT2D eigenvalue weighted by Gasteiger charge is -2.00. The summed E-state index contributed by atoms with van der Waals surface area (Å²) in [4.78, 5) is 10.8. The summed E-state index contributed by atoms with van der Waals surface area (Å²) in [5, 5.41) is 0. The minimum absolute atomic E-state index is 0.0667. The lowest BCUT2D eigenvalue weighted by molar-refractivity contribution is -0.140. The number of hydrogen-bond acceptors (Lipinski definition) is 2. The second kappa shape index (κ2) is 6.86. The molecule has 1 rings (SSSR count). The molecule has 1 fully saturated rings. The standard InChI is InChI=1S/C12H22O2/c1-14-12(13)8-6-4-2-3-5-7-11-9-10-11/h11H,2-10H2,1H3. The SMILES string of the molecule is COC(=O)CCCCCCCC1CC1. The molecule has 0 atom stereocenters. The summed E-state index contributed by atoms with van der Waals surface area (Å²) < 4.78 is 4.58. The highest BCUT2D eigenvalue weighted by molar-refractivity contribution is 5.68. The first kappa shape index (κ1) is 11.5. The number of esters is 1. The second-order valence-electron chi connectivity index (χ2n) is 4.33. The van der Waals surface area contributed by atoms with Crippen LogP contribution in [0.15, 0.2) is 0 Å². The molecule has 0 radical (unpaired) electrons. The molecule has 2 nitrogen and oxygen atoms in total. The fourth-order valence-corrected chi connectivity index (χ4v) is 1.74. The average molecular weight is 198 g/mol. The molecular formula is C12H22O2. The maximum atomic E-state index is 10.8. The molecule has 0 heterocycles. The van der Waals surface area contributed by atoms with Crippen LogP contribution in [-0.2, 0) is 9.53 Å². The van der Waals surface area contributed by atoms with Gasteiger partial charge in [-0.25, -0.2) is 0 Å². The third-order valence-electron chi connectivity index (χ3n) is 2.92. The summed E-state index contributed by atoms with van der Waals surface area (Å²) in [7, 11) is 1.46. The van der Waals surface area contributed by atoms with E-state index in [1.165, 1.54) is 52.1 Å². The Hall–Kier alpha value is -0.530. The highest BCUT2D eigenvalue weighted by Gasteiger charge is 2.19. The van der Waals surface area contributed by atoms with Gasteiger partial charge in [-0.05, 0) is 12.3 Å². The largest absolute Gasteiger partial charge is 0.469 e. The third-order valence-corrected chi connectivity index (χ3v) is 2.92. The van der Waals surface area contributed by atoms with Gasteiger partial charge in [-0.3, -0.25) is 4.79 Å². The van der Waals surface area contributed by atoms with Crippen LogP contribution in [0.2, 0.25) is 0 Å². The van der Waals surface area contributed by atoms with Crippen molar-refractivity contribution in [2.24, 2.45) is 5.92 Å². The maximum absolute atomic E-state index is 10.8. The van der Waals surface area contributed by atoms with Gasteiger partial charge in [-0.2, -0.15) is 0 Å². The molecule has 1 aliphatic rings. The van der Waals surface area contributed by atoms with E-state index < -0.39 is 0 Å². The van der Waals surface area contributed by atoms with Gasteiger partial charge in [0.05, 0.1) is 7.11 Å². The second-order valence-corrected chi connectivity index (χ2v) is 4.33. The number of ether oxygens (including phenoxy) is 1. The van der Waals surface area contributed by atoms with Crippen molar-refractivity contribution in [2.75, 3.05) is 7.11 Å². The smallest absolute Gasteiger partial charge is 0.305 e. The normalized spacial score (nSPS) is 15.5. The fourth-order valence-electron chi connectivity index (χ4n) is 1.74. The predicted octanol–water partition coefficient (Wildman–Crippen LogP) is 3.30. The van der Waals surface area contributed by atoms with Crippen molar-refractivity contribution in [2.45, 2.75) is 57.8 Å². The molecule has 0 N–H and O–H groups in total. The molecule has 2 heteroatoms. The van der Waals surface area contributed by atoms with Crippen LogP contribution in [-0.4, -0.2) is 13.1 Å². The van der Waals surface area contributed by atoms with Gasteiger partial charge < -0.3 is 4.74 Å². The van der Waals surface area contributed by atoms with E-state index in [0.29, 0.717) is 6.42 Å². The quantitative estimate of drug-likeness (QED) is 0.442. The highest BCUT2D eigenvalue weighted by atomic mass is 16.5. The molecule has 14 heavy (non-hydrogen) atoms. The zero-order chi connectivity index (χ0) is 10.2. The monoisotopic (exact) mass is 198 g/mol. The zero-order valence-corrected chi connectivity index (χ0v) is 9.26. The molecule has 82 valence electrons. The van der Waals surface area contributed by atoms with E-state index in [9.17, 15) is 4.79 Å². The molecule has 0 aromatic heterocycles. The minimum atomic E-state index is -0.0667. The topological polar surface area (TPSA) is 26.3 Å². The molecule has 0 saturated heterocycles. The minimum Gasteiger partial charge on any atom is -0.469 e. The molecule has 0 unspecified atom stereocenters. The van der Waals surface area contributed by atoms with Gasteiger partial charge in [-0.15, -0.1) is 0 Å². The predicted molar refractivity (Wildman–Crippen MR) is 57.1 cm³/mol. The molecule has 0 spiro atoms. The van der Waals surface area contributed by atoms with Crippen LogP contribution in [0.4, 0.5) is 0 Å². The number of carbonyl (C=O) groups is 1. The Morgan fingerprint density at radius 2 is 1.79 bits per heavy atom. The molecular weight excluding hydrogens is 176 g/mol. The van der Waals surface area contributed by atoms with Crippen LogP contribution in [0.5, 0.6) is 0 Å². The first-order valence-electron chi connectivity index (χ1n) is 5.89. The third kappa shape index (κ3) is 6.01. The molecule has 0 aromatic carbocycles. The Labute approximate surface area is 87.0 Å². The molecule has 0 bridgehead atoms. The highest BCUT2D eigenvalue weighted by Crippen LogP contribution is 2.34. The van der Waals surface area contributed by atoms with E-state index in [1.54, 1.807) is 0 Å². The zero-order valence-electron chi connectivity index (χ0n) is 9.26. The summed E-state index contributed by atoms with van der Waals surface area (Å²) in [5.41, 5.74) is 0. The first-order chi connectivity index (χ1) is 6.83. The van der Waals surface area contributed by atoms with E-state index in [4.69, 9.17) is 0 Å². The van der Waals surface area contributed by atoms with Gasteiger partial charge in [0.25, 0.3) is 0 Å². The average Bonchev–Trinajstić information content (AvgIpc) is 2.99. The number of methoxy groups -OCH3 is 1. The van der Waals surface area contributed by atoms with E-state index in [2.05, 4.69) is 4.74 Å². The summed E-state index contributed by atoms with van der Waals surface area (Å²) in [6.45, 7) is 0. The molecule has 1 aliphatic carbocycles. The maximum Gasteiger partial charge on any atom is 0.305 e. The van der Waals surface area contributed by atoms with Gasteiger partial charge in [0, 0.05) is 6.42 Å². The van der Waals surface area contributed by atoms with E-state index in [-0.39, 0.29) is 5.97 Å². The van der Waals surface area contributed by atoms with Crippen molar-refractivity contribution < 1.29 is 9.53 Å². The van der Waals surface area contributed by atoms with Crippen LogP contribution in [0, 0.1) is 5.92 Å². The van der Waals surface area contributed by atoms with Crippen molar-refractivity contribution in [3.63, 3.8) is 0 Å². The van der Waals surface area contributed by atoms with E-state index in [1.807, 2.05) is 0 Å². The van der Waals surface area contributed by atoms with Crippen LogP contribution in [0.1, 0.15) is 57.8 Å². The van der Waals surface area contributed by atoms with Gasteiger partial charge in [0.15, 0.2) is 0 Å². The van der Waals surface area contributed by atoms with Crippen LogP contribution in [0.25, 0.3) is 0 Å². The number of rotatable bonds is 8. The summed E-state index contributed by atoms with van der Waals surface area (Å²) in [6, 6.07) is 0. The van der Waals surface area contributed by atoms with E-state index >= 15 is 0 Å². The van der Waals surface area contributed by atoms with Crippen LogP contribution < -0.4 is 0 Å². The van der Waals surface area contributed by atoms with Crippen molar-refractivity contribution in [1.82, 2.24) is 0 Å². The Morgan fingerprint density at radius 1 is 1.14 bits per heavy atom. The van der Waals surface area contributed by atoms with E-state index in [0.717, 1.165) is 12.3 Å². The summed E-state index contributed by atoms with van der Waals surface area (Å²) in [6.07, 6.45) is 11.2. The Kier molecular flexibility index (Phi) is 5.65. The lowest BCUT2D eigenvalue weighted by atomic mass is 10.1. The summed E-state index contributed by atoms with van der Waals surface area (Å²) >= 11 is 0. The fraction of sp³-hybridized carbons (Fsp3) is 0.917. The van der Waals surface area contributed by atoms with Crippen molar-refractivity contribution in [3.8, 4) is 0 Å². The number of hydrogen-bond donors (Lipinski definition) is 0. The van der Waals surface area contributed by atoms with Gasteiger partial charge in [-0.1, -0.05) is 44.9 Å². The Morgan fingerprint density at radius 3 is 2.43 bits per heavy atom. The van der Waals surface area contributed by atoms with Gasteiger partial charge >= 0.3 is 5.97 Å². The molecule has 0 aromatic rings. The first-order valence-corrected chi connectivity index (χ1v) is 5.89. The lowest BCUT2D eigenvalue weighted by Crippen LogP contribution is -1.99. The number of unbranched alkanes of at least 4 members (excludes halogenated alkanes) is 4. The molecule has 0 aliphatic heterocycles.